The lowest BCUT2D eigenvalue weighted by Crippen LogP contribution is -2.08. The maximum absolute atomic E-state index is 5.06. The van der Waals surface area contributed by atoms with E-state index in [0.717, 1.165) is 18.9 Å². The summed E-state index contributed by atoms with van der Waals surface area (Å²) < 4.78 is 7.01. The summed E-state index contributed by atoms with van der Waals surface area (Å²) in [5.74, 6) is 2.07. The summed E-state index contributed by atoms with van der Waals surface area (Å²) in [6.07, 6.45) is 4.70. The van der Waals surface area contributed by atoms with E-state index in [-0.39, 0.29) is 0 Å². The van der Waals surface area contributed by atoms with E-state index in [0.29, 0.717) is 18.3 Å². The van der Waals surface area contributed by atoms with Gasteiger partial charge < -0.3 is 14.4 Å². The van der Waals surface area contributed by atoms with E-state index in [4.69, 9.17) is 4.52 Å². The molecule has 0 aliphatic heterocycles. The molecule has 0 radical (unpaired) electrons. The van der Waals surface area contributed by atoms with Crippen LogP contribution in [0.5, 0.6) is 0 Å². The molecule has 0 bridgehead atoms. The zero-order valence-electron chi connectivity index (χ0n) is 9.47. The van der Waals surface area contributed by atoms with Gasteiger partial charge in [0.2, 0.25) is 11.8 Å². The van der Waals surface area contributed by atoms with Crippen molar-refractivity contribution in [2.24, 2.45) is 0 Å². The van der Waals surface area contributed by atoms with Gasteiger partial charge in [-0.1, -0.05) is 12.1 Å². The highest BCUT2D eigenvalue weighted by Gasteiger charge is 2.07. The lowest BCUT2D eigenvalue weighted by atomic mass is 10.5. The minimum atomic E-state index is 0.548. The maximum Gasteiger partial charge on any atom is 0.246 e. The summed E-state index contributed by atoms with van der Waals surface area (Å²) in [4.78, 5) is 8.37. The third-order valence-corrected chi connectivity index (χ3v) is 2.12. The van der Waals surface area contributed by atoms with Crippen LogP contribution in [0.3, 0.4) is 0 Å². The summed E-state index contributed by atoms with van der Waals surface area (Å²) in [5.41, 5.74) is 0. The van der Waals surface area contributed by atoms with E-state index >= 15 is 0 Å². The van der Waals surface area contributed by atoms with E-state index in [1.807, 2.05) is 10.8 Å². The standard InChI is InChI=1S/C10H15N5O/c1-3-4-11-10-12-5-6-15(10)7-9-13-8(2)14-16-9/h5-6H,3-4,7H2,1-2H3,(H,11,12). The summed E-state index contributed by atoms with van der Waals surface area (Å²) in [6, 6.07) is 0. The summed E-state index contributed by atoms with van der Waals surface area (Å²) in [5, 5.41) is 6.98. The highest BCUT2D eigenvalue weighted by Crippen LogP contribution is 2.07. The van der Waals surface area contributed by atoms with Crippen LogP contribution in [0.1, 0.15) is 25.1 Å². The van der Waals surface area contributed by atoms with Crippen LogP contribution in [0.2, 0.25) is 0 Å². The van der Waals surface area contributed by atoms with E-state index < -0.39 is 0 Å². The average molecular weight is 221 g/mol. The molecule has 6 heteroatoms. The number of aryl methyl sites for hydroxylation is 1. The highest BCUT2D eigenvalue weighted by atomic mass is 16.5. The fraction of sp³-hybridized carbons (Fsp3) is 0.500. The van der Waals surface area contributed by atoms with Crippen molar-refractivity contribution in [1.29, 1.82) is 0 Å². The molecule has 0 saturated carbocycles. The molecular formula is C10H15N5O. The Morgan fingerprint density at radius 3 is 3.06 bits per heavy atom. The van der Waals surface area contributed by atoms with Crippen molar-refractivity contribution in [3.63, 3.8) is 0 Å². The Morgan fingerprint density at radius 1 is 1.50 bits per heavy atom. The van der Waals surface area contributed by atoms with Crippen LogP contribution in [0.4, 0.5) is 5.95 Å². The molecule has 0 saturated heterocycles. The Bertz CT molecular complexity index is 448. The molecule has 0 fully saturated rings. The minimum Gasteiger partial charge on any atom is -0.356 e. The van der Waals surface area contributed by atoms with Crippen molar-refractivity contribution in [2.75, 3.05) is 11.9 Å². The summed E-state index contributed by atoms with van der Waals surface area (Å²) in [7, 11) is 0. The minimum absolute atomic E-state index is 0.548. The molecule has 0 unspecified atom stereocenters. The Kier molecular flexibility index (Phi) is 3.19. The van der Waals surface area contributed by atoms with E-state index in [2.05, 4.69) is 27.4 Å². The number of nitrogens with one attached hydrogen (secondary N) is 1. The van der Waals surface area contributed by atoms with Crippen LogP contribution in [0.15, 0.2) is 16.9 Å². The number of nitrogens with zero attached hydrogens (tertiary/aromatic N) is 4. The van der Waals surface area contributed by atoms with Crippen molar-refractivity contribution < 1.29 is 4.52 Å². The Hall–Kier alpha value is -1.85. The first kappa shape index (κ1) is 10.7. The number of aromatic nitrogens is 4. The first-order chi connectivity index (χ1) is 7.79. The zero-order valence-corrected chi connectivity index (χ0v) is 9.47. The molecular weight excluding hydrogens is 206 g/mol. The highest BCUT2D eigenvalue weighted by molar-refractivity contribution is 5.26. The Balaban J connectivity index is 2.06. The molecule has 1 N–H and O–H groups in total. The van der Waals surface area contributed by atoms with Gasteiger partial charge in [0.05, 0.1) is 0 Å². The third-order valence-electron chi connectivity index (χ3n) is 2.12. The second-order valence-corrected chi connectivity index (χ2v) is 3.54. The number of imidazole rings is 1. The fourth-order valence-electron chi connectivity index (χ4n) is 1.39. The number of rotatable bonds is 5. The van der Waals surface area contributed by atoms with Gasteiger partial charge in [-0.25, -0.2) is 4.98 Å². The van der Waals surface area contributed by atoms with Gasteiger partial charge in [-0.15, -0.1) is 0 Å². The topological polar surface area (TPSA) is 68.8 Å². The molecule has 2 aromatic rings. The Labute approximate surface area is 93.7 Å². The van der Waals surface area contributed by atoms with Crippen molar-refractivity contribution in [3.8, 4) is 0 Å². The van der Waals surface area contributed by atoms with Gasteiger partial charge >= 0.3 is 0 Å². The van der Waals surface area contributed by atoms with Gasteiger partial charge in [0, 0.05) is 18.9 Å². The van der Waals surface area contributed by atoms with Crippen LogP contribution in [0, 0.1) is 6.92 Å². The van der Waals surface area contributed by atoms with Gasteiger partial charge in [0.25, 0.3) is 0 Å². The quantitative estimate of drug-likeness (QED) is 0.827. The smallest absolute Gasteiger partial charge is 0.246 e. The lowest BCUT2D eigenvalue weighted by Gasteiger charge is -2.06. The molecule has 0 aliphatic carbocycles. The first-order valence-electron chi connectivity index (χ1n) is 5.33. The molecule has 2 aromatic heterocycles. The monoisotopic (exact) mass is 221 g/mol. The largest absolute Gasteiger partial charge is 0.356 e. The predicted molar refractivity (Wildman–Crippen MR) is 59.1 cm³/mol. The lowest BCUT2D eigenvalue weighted by molar-refractivity contribution is 0.368. The van der Waals surface area contributed by atoms with E-state index in [9.17, 15) is 0 Å². The molecule has 0 spiro atoms. The second kappa shape index (κ2) is 4.78. The number of anilines is 1. The van der Waals surface area contributed by atoms with Crippen LogP contribution in [0.25, 0.3) is 0 Å². The van der Waals surface area contributed by atoms with Gasteiger partial charge in [-0.05, 0) is 13.3 Å². The molecule has 86 valence electrons. The number of hydrogen-bond acceptors (Lipinski definition) is 5. The average Bonchev–Trinajstić information content (AvgIpc) is 2.86. The molecule has 0 aromatic carbocycles. The SMILES string of the molecule is CCCNc1nccn1Cc1nc(C)no1. The van der Waals surface area contributed by atoms with Crippen LogP contribution in [-0.2, 0) is 6.54 Å². The van der Waals surface area contributed by atoms with Crippen LogP contribution in [-0.4, -0.2) is 26.2 Å². The molecule has 2 heterocycles. The zero-order chi connectivity index (χ0) is 11.4. The first-order valence-corrected chi connectivity index (χ1v) is 5.33. The number of hydrogen-bond donors (Lipinski definition) is 1. The van der Waals surface area contributed by atoms with E-state index in [1.54, 1.807) is 13.1 Å². The molecule has 0 amide bonds. The van der Waals surface area contributed by atoms with Gasteiger partial charge in [0.15, 0.2) is 5.82 Å². The molecule has 0 atom stereocenters. The van der Waals surface area contributed by atoms with Crippen molar-refractivity contribution in [1.82, 2.24) is 19.7 Å². The Morgan fingerprint density at radius 2 is 2.38 bits per heavy atom. The van der Waals surface area contributed by atoms with Gasteiger partial charge in [0.1, 0.15) is 6.54 Å². The van der Waals surface area contributed by atoms with E-state index in [1.165, 1.54) is 0 Å². The fourth-order valence-corrected chi connectivity index (χ4v) is 1.39. The van der Waals surface area contributed by atoms with Crippen LogP contribution >= 0.6 is 0 Å². The van der Waals surface area contributed by atoms with Gasteiger partial charge in [-0.2, -0.15) is 4.98 Å². The predicted octanol–water partition coefficient (Wildman–Crippen LogP) is 1.44. The van der Waals surface area contributed by atoms with Crippen molar-refractivity contribution in [2.45, 2.75) is 26.8 Å². The summed E-state index contributed by atoms with van der Waals surface area (Å²) in [6.45, 7) is 5.37. The van der Waals surface area contributed by atoms with Crippen molar-refractivity contribution >= 4 is 5.95 Å². The summed E-state index contributed by atoms with van der Waals surface area (Å²) >= 11 is 0. The molecule has 0 aliphatic rings. The van der Waals surface area contributed by atoms with Gasteiger partial charge in [-0.3, -0.25) is 0 Å². The molecule has 16 heavy (non-hydrogen) atoms. The molecule has 2 rings (SSSR count). The normalized spacial score (nSPS) is 10.6. The molecule has 6 nitrogen and oxygen atoms in total. The maximum atomic E-state index is 5.06. The second-order valence-electron chi connectivity index (χ2n) is 3.54. The third kappa shape index (κ3) is 2.39. The van der Waals surface area contributed by atoms with Crippen molar-refractivity contribution in [3.05, 3.63) is 24.1 Å². The van der Waals surface area contributed by atoms with Crippen LogP contribution < -0.4 is 5.32 Å².